The minimum absolute atomic E-state index is 0.680. The van der Waals surface area contributed by atoms with Gasteiger partial charge in [0.2, 0.25) is 0 Å². The number of aromatic amines is 1. The molecule has 0 saturated carbocycles. The summed E-state index contributed by atoms with van der Waals surface area (Å²) < 4.78 is 1.83. The second-order valence-electron chi connectivity index (χ2n) is 8.48. The first-order valence-electron chi connectivity index (χ1n) is 10.4. The van der Waals surface area contributed by atoms with Gasteiger partial charge in [0.1, 0.15) is 11.4 Å². The molecule has 6 heteroatoms. The van der Waals surface area contributed by atoms with Gasteiger partial charge in [0, 0.05) is 17.5 Å². The van der Waals surface area contributed by atoms with Gasteiger partial charge in [-0.2, -0.15) is 5.10 Å². The van der Waals surface area contributed by atoms with Crippen LogP contribution in [-0.2, 0) is 0 Å². The highest BCUT2D eigenvalue weighted by atomic mass is 15.4. The lowest BCUT2D eigenvalue weighted by molar-refractivity contribution is 0.161. The Morgan fingerprint density at radius 2 is 1.72 bits per heavy atom. The third-order valence-corrected chi connectivity index (χ3v) is 6.93. The first-order valence-corrected chi connectivity index (χ1v) is 10.4. The Labute approximate surface area is 169 Å². The lowest BCUT2D eigenvalue weighted by Crippen LogP contribution is -2.39. The van der Waals surface area contributed by atoms with Crippen LogP contribution in [0.1, 0.15) is 37.2 Å². The Morgan fingerprint density at radius 3 is 2.52 bits per heavy atom. The number of hydrogen-bond donors (Lipinski definition) is 1. The highest BCUT2D eigenvalue weighted by Crippen LogP contribution is 2.42. The van der Waals surface area contributed by atoms with Crippen molar-refractivity contribution in [1.82, 2.24) is 30.1 Å². The average Bonchev–Trinajstić information content (AvgIpc) is 3.44. The molecule has 2 unspecified atom stereocenters. The quantitative estimate of drug-likeness (QED) is 0.576. The molecule has 2 aliphatic rings. The molecule has 146 valence electrons. The zero-order valence-corrected chi connectivity index (χ0v) is 16.5. The number of hydrogen-bond acceptors (Lipinski definition) is 4. The van der Waals surface area contributed by atoms with Crippen LogP contribution in [0.15, 0.2) is 54.7 Å². The summed E-state index contributed by atoms with van der Waals surface area (Å²) in [7, 11) is 2.30. The summed E-state index contributed by atoms with van der Waals surface area (Å²) in [4.78, 5) is 2.60. The summed E-state index contributed by atoms with van der Waals surface area (Å²) in [6.45, 7) is 0. The summed E-state index contributed by atoms with van der Waals surface area (Å²) in [5.41, 5.74) is 5.11. The number of piperidine rings is 1. The fourth-order valence-corrected chi connectivity index (χ4v) is 5.24. The third-order valence-electron chi connectivity index (χ3n) is 6.93. The second-order valence-corrected chi connectivity index (χ2v) is 8.48. The van der Waals surface area contributed by atoms with Gasteiger partial charge in [-0.15, -0.1) is 5.10 Å². The van der Waals surface area contributed by atoms with Crippen LogP contribution < -0.4 is 0 Å². The van der Waals surface area contributed by atoms with Crippen molar-refractivity contribution in [2.45, 2.75) is 43.7 Å². The largest absolute Gasteiger partial charge is 0.300 e. The summed E-state index contributed by atoms with van der Waals surface area (Å²) in [6, 6.07) is 18.5. The highest BCUT2D eigenvalue weighted by molar-refractivity contribution is 5.91. The van der Waals surface area contributed by atoms with Gasteiger partial charge in [-0.25, -0.2) is 4.68 Å². The van der Waals surface area contributed by atoms with E-state index in [-0.39, 0.29) is 0 Å². The molecular formula is C23H24N6. The van der Waals surface area contributed by atoms with Crippen LogP contribution in [0.4, 0.5) is 0 Å². The molecule has 2 aromatic heterocycles. The van der Waals surface area contributed by atoms with Gasteiger partial charge >= 0.3 is 0 Å². The number of aromatic nitrogens is 5. The molecule has 2 fully saturated rings. The van der Waals surface area contributed by atoms with E-state index in [1.807, 2.05) is 29.1 Å². The molecule has 2 saturated heterocycles. The number of nitrogens with zero attached hydrogens (tertiary/aromatic N) is 5. The van der Waals surface area contributed by atoms with E-state index in [9.17, 15) is 0 Å². The molecule has 6 nitrogen and oxygen atoms in total. The SMILES string of the molecule is CN1C2CC[C@@H]1CC(c1ccc(-n3cc(-c4n[nH]c5ccccc45)nn3)cc1)C2. The third kappa shape index (κ3) is 2.78. The lowest BCUT2D eigenvalue weighted by Gasteiger charge is -2.36. The van der Waals surface area contributed by atoms with Crippen LogP contribution >= 0.6 is 0 Å². The molecule has 0 aliphatic carbocycles. The van der Waals surface area contributed by atoms with E-state index in [0.717, 1.165) is 40.1 Å². The maximum atomic E-state index is 4.43. The molecule has 4 aromatic rings. The fraction of sp³-hybridized carbons (Fsp3) is 0.348. The molecule has 2 aromatic carbocycles. The minimum atomic E-state index is 0.680. The Morgan fingerprint density at radius 1 is 0.966 bits per heavy atom. The van der Waals surface area contributed by atoms with E-state index in [1.54, 1.807) is 0 Å². The van der Waals surface area contributed by atoms with Crippen LogP contribution in [0, 0.1) is 0 Å². The van der Waals surface area contributed by atoms with E-state index < -0.39 is 0 Å². The Bertz CT molecular complexity index is 1140. The maximum Gasteiger partial charge on any atom is 0.134 e. The molecule has 2 aliphatic heterocycles. The van der Waals surface area contributed by atoms with Gasteiger partial charge in [0.05, 0.1) is 17.4 Å². The number of nitrogens with one attached hydrogen (secondary N) is 1. The van der Waals surface area contributed by atoms with Crippen molar-refractivity contribution in [1.29, 1.82) is 0 Å². The van der Waals surface area contributed by atoms with Gasteiger partial charge in [-0.1, -0.05) is 35.5 Å². The Hall–Kier alpha value is -2.99. The average molecular weight is 384 g/mol. The van der Waals surface area contributed by atoms with Gasteiger partial charge in [0.25, 0.3) is 0 Å². The Balaban J connectivity index is 1.25. The summed E-state index contributed by atoms with van der Waals surface area (Å²) in [5.74, 6) is 0.680. The van der Waals surface area contributed by atoms with E-state index in [0.29, 0.717) is 5.92 Å². The van der Waals surface area contributed by atoms with Gasteiger partial charge in [-0.3, -0.25) is 5.10 Å². The first kappa shape index (κ1) is 16.9. The molecule has 29 heavy (non-hydrogen) atoms. The maximum absolute atomic E-state index is 4.43. The van der Waals surface area contributed by atoms with E-state index in [4.69, 9.17) is 0 Å². The highest BCUT2D eigenvalue weighted by Gasteiger charge is 2.38. The van der Waals surface area contributed by atoms with Crippen LogP contribution in [0.2, 0.25) is 0 Å². The molecule has 6 rings (SSSR count). The number of H-pyrrole nitrogens is 1. The van der Waals surface area contributed by atoms with Crippen molar-refractivity contribution < 1.29 is 0 Å². The smallest absolute Gasteiger partial charge is 0.134 e. The number of benzene rings is 2. The van der Waals surface area contributed by atoms with Crippen molar-refractivity contribution in [3.63, 3.8) is 0 Å². The fourth-order valence-electron chi connectivity index (χ4n) is 5.24. The molecule has 0 spiro atoms. The van der Waals surface area contributed by atoms with E-state index in [2.05, 4.69) is 62.8 Å². The number of fused-ring (bicyclic) bond motifs is 3. The number of rotatable bonds is 3. The van der Waals surface area contributed by atoms with Gasteiger partial charge in [0.15, 0.2) is 0 Å². The molecule has 4 heterocycles. The standard InChI is InChI=1S/C23H24N6/c1-28-18-10-11-19(28)13-16(12-18)15-6-8-17(9-7-15)29-14-22(25-27-29)23-20-4-2-3-5-21(20)24-26-23/h2-9,14,16,18-19H,10-13H2,1H3,(H,24,26)/t16?,18-,19?/m1/s1. The summed E-state index contributed by atoms with van der Waals surface area (Å²) in [5, 5.41) is 17.3. The zero-order chi connectivity index (χ0) is 19.4. The minimum Gasteiger partial charge on any atom is -0.300 e. The van der Waals surface area contributed by atoms with E-state index in [1.165, 1.54) is 31.2 Å². The summed E-state index contributed by atoms with van der Waals surface area (Å²) in [6.07, 6.45) is 7.24. The van der Waals surface area contributed by atoms with E-state index >= 15 is 0 Å². The molecule has 3 atom stereocenters. The van der Waals surface area contributed by atoms with Crippen molar-refractivity contribution in [2.24, 2.45) is 0 Å². The van der Waals surface area contributed by atoms with Crippen LogP contribution in [0.3, 0.4) is 0 Å². The molecule has 0 radical (unpaired) electrons. The molecular weight excluding hydrogens is 360 g/mol. The zero-order valence-electron chi connectivity index (χ0n) is 16.5. The monoisotopic (exact) mass is 384 g/mol. The predicted molar refractivity (Wildman–Crippen MR) is 113 cm³/mol. The molecule has 1 N–H and O–H groups in total. The molecule has 0 amide bonds. The topological polar surface area (TPSA) is 62.6 Å². The summed E-state index contributed by atoms with van der Waals surface area (Å²) >= 11 is 0. The number of para-hydroxylation sites is 1. The van der Waals surface area contributed by atoms with Gasteiger partial charge < -0.3 is 4.90 Å². The van der Waals surface area contributed by atoms with Crippen LogP contribution in [-0.4, -0.2) is 49.2 Å². The van der Waals surface area contributed by atoms with Gasteiger partial charge in [-0.05, 0) is 62.4 Å². The predicted octanol–water partition coefficient (Wildman–Crippen LogP) is 4.15. The van der Waals surface area contributed by atoms with Crippen molar-refractivity contribution >= 4 is 10.9 Å². The lowest BCUT2D eigenvalue weighted by atomic mass is 9.85. The normalized spacial score (nSPS) is 24.4. The first-order chi connectivity index (χ1) is 14.3. The van der Waals surface area contributed by atoms with Crippen molar-refractivity contribution in [3.8, 4) is 17.1 Å². The van der Waals surface area contributed by atoms with Crippen molar-refractivity contribution in [2.75, 3.05) is 7.05 Å². The second kappa shape index (κ2) is 6.52. The Kier molecular flexibility index (Phi) is 3.81. The van der Waals surface area contributed by atoms with Crippen LogP contribution in [0.25, 0.3) is 28.0 Å². The molecule has 2 bridgehead atoms. The van der Waals surface area contributed by atoms with Crippen molar-refractivity contribution in [3.05, 3.63) is 60.3 Å². The van der Waals surface area contributed by atoms with Crippen LogP contribution in [0.5, 0.6) is 0 Å².